The molecule has 2 heterocycles. The largest absolute Gasteiger partial charge is 0.456 e. The fourth-order valence-corrected chi connectivity index (χ4v) is 2.59. The molecule has 24 heavy (non-hydrogen) atoms. The van der Waals surface area contributed by atoms with Crippen molar-refractivity contribution in [3.63, 3.8) is 0 Å². The van der Waals surface area contributed by atoms with E-state index in [9.17, 15) is 19.5 Å². The summed E-state index contributed by atoms with van der Waals surface area (Å²) in [7, 11) is 0. The van der Waals surface area contributed by atoms with E-state index in [1.165, 1.54) is 16.8 Å². The molecule has 8 heteroatoms. The van der Waals surface area contributed by atoms with Gasteiger partial charge in [0.2, 0.25) is 0 Å². The molecule has 1 fully saturated rings. The molecule has 2 N–H and O–H groups in total. The van der Waals surface area contributed by atoms with Crippen LogP contribution in [-0.2, 0) is 9.47 Å². The van der Waals surface area contributed by atoms with Gasteiger partial charge in [-0.3, -0.25) is 14.3 Å². The molecular weight excluding hydrogens is 316 g/mol. The van der Waals surface area contributed by atoms with Gasteiger partial charge in [0.05, 0.1) is 12.2 Å². The Kier molecular flexibility index (Phi) is 4.59. The number of aromatic nitrogens is 2. The summed E-state index contributed by atoms with van der Waals surface area (Å²) in [6, 6.07) is 9.65. The summed E-state index contributed by atoms with van der Waals surface area (Å²) in [4.78, 5) is 37.2. The molecule has 8 nitrogen and oxygen atoms in total. The Balaban J connectivity index is 1.76. The number of hydrogen-bond acceptors (Lipinski definition) is 6. The summed E-state index contributed by atoms with van der Waals surface area (Å²) in [6.45, 7) is -0.360. The van der Waals surface area contributed by atoms with Crippen LogP contribution in [-0.4, -0.2) is 39.4 Å². The number of aliphatic hydroxyl groups excluding tert-OH is 1. The molecule has 0 bridgehead atoms. The summed E-state index contributed by atoms with van der Waals surface area (Å²) >= 11 is 0. The molecule has 2 aromatic rings. The van der Waals surface area contributed by atoms with Gasteiger partial charge >= 0.3 is 11.7 Å². The molecule has 1 aromatic heterocycles. The molecule has 1 aliphatic heterocycles. The molecule has 0 radical (unpaired) electrons. The van der Waals surface area contributed by atoms with Gasteiger partial charge in [-0.15, -0.1) is 0 Å². The second-order valence-electron chi connectivity index (χ2n) is 5.37. The lowest BCUT2D eigenvalue weighted by Gasteiger charge is -2.16. The third-order valence-electron chi connectivity index (χ3n) is 3.79. The molecule has 0 spiro atoms. The monoisotopic (exact) mass is 332 g/mol. The van der Waals surface area contributed by atoms with Gasteiger partial charge in [0.15, 0.2) is 0 Å². The number of benzene rings is 1. The zero-order valence-electron chi connectivity index (χ0n) is 12.6. The van der Waals surface area contributed by atoms with E-state index in [2.05, 4.69) is 4.98 Å². The van der Waals surface area contributed by atoms with Crippen LogP contribution >= 0.6 is 0 Å². The summed E-state index contributed by atoms with van der Waals surface area (Å²) in [5.41, 5.74) is -0.752. The Bertz CT molecular complexity index is 828. The Hall–Kier alpha value is -2.71. The molecule has 3 unspecified atom stereocenters. The average molecular weight is 332 g/mol. The number of carbonyl (C=O) groups excluding carboxylic acids is 1. The number of H-pyrrole nitrogens is 1. The molecule has 1 aromatic carbocycles. The Labute approximate surface area is 136 Å². The van der Waals surface area contributed by atoms with E-state index in [0.717, 1.165) is 0 Å². The quantitative estimate of drug-likeness (QED) is 0.765. The molecule has 0 aliphatic carbocycles. The van der Waals surface area contributed by atoms with Crippen molar-refractivity contribution < 1.29 is 19.4 Å². The normalized spacial score (nSPS) is 23.1. The van der Waals surface area contributed by atoms with Crippen LogP contribution in [0.4, 0.5) is 0 Å². The van der Waals surface area contributed by atoms with E-state index in [0.29, 0.717) is 5.56 Å². The van der Waals surface area contributed by atoms with E-state index in [4.69, 9.17) is 9.47 Å². The predicted octanol–water partition coefficient (Wildman–Crippen LogP) is 0.0420. The van der Waals surface area contributed by atoms with Crippen molar-refractivity contribution >= 4 is 5.97 Å². The van der Waals surface area contributed by atoms with E-state index < -0.39 is 35.7 Å². The van der Waals surface area contributed by atoms with Crippen molar-refractivity contribution in [3.8, 4) is 0 Å². The third kappa shape index (κ3) is 3.29. The fourth-order valence-electron chi connectivity index (χ4n) is 2.59. The lowest BCUT2D eigenvalue weighted by Crippen LogP contribution is -2.31. The lowest BCUT2D eigenvalue weighted by molar-refractivity contribution is -0.0521. The van der Waals surface area contributed by atoms with Crippen LogP contribution in [0.25, 0.3) is 0 Å². The summed E-state index contributed by atoms with van der Waals surface area (Å²) < 4.78 is 12.2. The number of nitrogens with one attached hydrogen (secondary N) is 1. The van der Waals surface area contributed by atoms with Crippen molar-refractivity contribution in [1.82, 2.24) is 9.55 Å². The summed E-state index contributed by atoms with van der Waals surface area (Å²) in [5.74, 6) is -0.530. The number of aromatic amines is 1. The van der Waals surface area contributed by atoms with Crippen molar-refractivity contribution in [2.75, 3.05) is 6.61 Å². The molecule has 126 valence electrons. The van der Waals surface area contributed by atoms with E-state index >= 15 is 0 Å². The SMILES string of the molecule is O=C(OC1CC(n2ccc(=O)[nH]c2=O)OC1CO)c1ccccc1. The highest BCUT2D eigenvalue weighted by atomic mass is 16.6. The second kappa shape index (κ2) is 6.81. The van der Waals surface area contributed by atoms with Crippen LogP contribution in [0.5, 0.6) is 0 Å². The number of carbonyl (C=O) groups is 1. The highest BCUT2D eigenvalue weighted by molar-refractivity contribution is 5.89. The van der Waals surface area contributed by atoms with Crippen LogP contribution in [0.1, 0.15) is 23.0 Å². The van der Waals surface area contributed by atoms with Gasteiger partial charge in [0.1, 0.15) is 18.4 Å². The van der Waals surface area contributed by atoms with Crippen LogP contribution < -0.4 is 11.2 Å². The second-order valence-corrected chi connectivity index (χ2v) is 5.37. The number of nitrogens with zero attached hydrogens (tertiary/aromatic N) is 1. The lowest BCUT2D eigenvalue weighted by atomic mass is 10.1. The zero-order chi connectivity index (χ0) is 17.1. The van der Waals surface area contributed by atoms with Gasteiger partial charge in [-0.05, 0) is 12.1 Å². The summed E-state index contributed by atoms with van der Waals surface area (Å²) in [5, 5.41) is 9.44. The van der Waals surface area contributed by atoms with Crippen LogP contribution in [0.3, 0.4) is 0 Å². The van der Waals surface area contributed by atoms with Gasteiger partial charge < -0.3 is 14.6 Å². The predicted molar refractivity (Wildman–Crippen MR) is 82.6 cm³/mol. The minimum absolute atomic E-state index is 0.190. The number of ether oxygens (including phenoxy) is 2. The van der Waals surface area contributed by atoms with Crippen molar-refractivity contribution in [2.24, 2.45) is 0 Å². The van der Waals surface area contributed by atoms with Gasteiger partial charge in [-0.25, -0.2) is 9.59 Å². The highest BCUT2D eigenvalue weighted by Gasteiger charge is 2.39. The van der Waals surface area contributed by atoms with Gasteiger partial charge in [0, 0.05) is 18.7 Å². The molecule has 3 atom stereocenters. The molecule has 1 aliphatic rings. The molecule has 0 saturated carbocycles. The first kappa shape index (κ1) is 16.2. The first-order valence-corrected chi connectivity index (χ1v) is 7.42. The van der Waals surface area contributed by atoms with Gasteiger partial charge in [-0.1, -0.05) is 18.2 Å². The zero-order valence-corrected chi connectivity index (χ0v) is 12.6. The fraction of sp³-hybridized carbons (Fsp3) is 0.312. The summed E-state index contributed by atoms with van der Waals surface area (Å²) in [6.07, 6.45) is -0.690. The number of hydrogen-bond donors (Lipinski definition) is 2. The van der Waals surface area contributed by atoms with Crippen LogP contribution in [0, 0.1) is 0 Å². The molecular formula is C16H16N2O6. The van der Waals surface area contributed by atoms with E-state index in [1.54, 1.807) is 30.3 Å². The van der Waals surface area contributed by atoms with Crippen molar-refractivity contribution in [3.05, 3.63) is 69.0 Å². The standard InChI is InChI=1S/C16H16N2O6/c19-9-12-11(24-15(21)10-4-2-1-3-5-10)8-14(23-12)18-7-6-13(20)17-16(18)22/h1-7,11-12,14,19H,8-9H2,(H,17,20,22). The van der Waals surface area contributed by atoms with Crippen LogP contribution in [0.15, 0.2) is 52.2 Å². The molecule has 1 saturated heterocycles. The minimum Gasteiger partial charge on any atom is -0.456 e. The topological polar surface area (TPSA) is 111 Å². The maximum Gasteiger partial charge on any atom is 0.338 e. The Morgan fingerprint density at radius 3 is 2.71 bits per heavy atom. The number of aliphatic hydroxyl groups is 1. The maximum atomic E-state index is 12.1. The minimum atomic E-state index is -0.749. The van der Waals surface area contributed by atoms with Gasteiger partial charge in [-0.2, -0.15) is 0 Å². The maximum absolute atomic E-state index is 12.1. The highest BCUT2D eigenvalue weighted by Crippen LogP contribution is 2.30. The van der Waals surface area contributed by atoms with E-state index in [1.807, 2.05) is 0 Å². The number of rotatable bonds is 4. The van der Waals surface area contributed by atoms with Gasteiger partial charge in [0.25, 0.3) is 5.56 Å². The number of esters is 1. The smallest absolute Gasteiger partial charge is 0.338 e. The Morgan fingerprint density at radius 1 is 1.29 bits per heavy atom. The molecule has 3 rings (SSSR count). The van der Waals surface area contributed by atoms with Crippen molar-refractivity contribution in [2.45, 2.75) is 24.9 Å². The average Bonchev–Trinajstić information content (AvgIpc) is 2.98. The van der Waals surface area contributed by atoms with Crippen molar-refractivity contribution in [1.29, 1.82) is 0 Å². The Morgan fingerprint density at radius 2 is 2.04 bits per heavy atom. The van der Waals surface area contributed by atoms with Crippen LogP contribution in [0.2, 0.25) is 0 Å². The third-order valence-corrected chi connectivity index (χ3v) is 3.79. The molecule has 0 amide bonds. The first-order valence-electron chi connectivity index (χ1n) is 7.42. The first-order chi connectivity index (χ1) is 11.6. The van der Waals surface area contributed by atoms with E-state index in [-0.39, 0.29) is 13.0 Å².